The standard InChI is InChI=1S/C12H11Br2F3S/c1-2-11(14,18-8-7-12(15,16)17)9-3-5-10(13)6-4-9/h2-6H,1,7-8H2. The van der Waals surface area contributed by atoms with Crippen LogP contribution in [0.2, 0.25) is 0 Å². The van der Waals surface area contributed by atoms with Crippen LogP contribution >= 0.6 is 43.6 Å². The van der Waals surface area contributed by atoms with Gasteiger partial charge >= 0.3 is 6.18 Å². The number of hydrogen-bond donors (Lipinski definition) is 0. The molecular formula is C12H11Br2F3S. The number of alkyl halides is 4. The minimum absolute atomic E-state index is 0.0170. The third-order valence-electron chi connectivity index (χ3n) is 2.20. The summed E-state index contributed by atoms with van der Waals surface area (Å²) < 4.78 is 36.6. The Balaban J connectivity index is 2.73. The summed E-state index contributed by atoms with van der Waals surface area (Å²) in [7, 11) is 0. The fourth-order valence-corrected chi connectivity index (χ4v) is 3.32. The van der Waals surface area contributed by atoms with Crippen molar-refractivity contribution in [3.8, 4) is 0 Å². The van der Waals surface area contributed by atoms with Gasteiger partial charge in [-0.3, -0.25) is 0 Å². The van der Waals surface area contributed by atoms with E-state index in [1.165, 1.54) is 11.8 Å². The van der Waals surface area contributed by atoms with Gasteiger partial charge in [-0.25, -0.2) is 0 Å². The minimum atomic E-state index is -4.12. The smallest absolute Gasteiger partial charge is 0.171 e. The van der Waals surface area contributed by atoms with Crippen LogP contribution in [0.1, 0.15) is 12.0 Å². The van der Waals surface area contributed by atoms with Crippen LogP contribution in [0.25, 0.3) is 0 Å². The summed E-state index contributed by atoms with van der Waals surface area (Å²) in [6.07, 6.45) is -3.32. The summed E-state index contributed by atoms with van der Waals surface area (Å²) in [6, 6.07) is 7.39. The molecule has 0 saturated heterocycles. The molecule has 0 nitrogen and oxygen atoms in total. The van der Waals surface area contributed by atoms with Gasteiger partial charge in [-0.2, -0.15) is 13.2 Å². The highest BCUT2D eigenvalue weighted by atomic mass is 79.9. The first-order chi connectivity index (χ1) is 8.27. The summed E-state index contributed by atoms with van der Waals surface area (Å²) in [5.41, 5.74) is 0.868. The summed E-state index contributed by atoms with van der Waals surface area (Å²) in [5.74, 6) is -0.0170. The molecule has 1 aromatic carbocycles. The molecule has 1 unspecified atom stereocenters. The molecule has 0 heterocycles. The molecule has 0 aromatic heterocycles. The van der Waals surface area contributed by atoms with Gasteiger partial charge in [-0.05, 0) is 17.7 Å². The highest BCUT2D eigenvalue weighted by Gasteiger charge is 2.31. The zero-order chi connectivity index (χ0) is 13.8. The second-order valence-corrected chi connectivity index (χ2v) is 7.60. The van der Waals surface area contributed by atoms with Crippen molar-refractivity contribution in [2.75, 3.05) is 5.75 Å². The van der Waals surface area contributed by atoms with Crippen LogP contribution in [0.3, 0.4) is 0 Å². The topological polar surface area (TPSA) is 0 Å². The maximum Gasteiger partial charge on any atom is 0.389 e. The van der Waals surface area contributed by atoms with Crippen LogP contribution in [-0.4, -0.2) is 11.9 Å². The summed E-state index contributed by atoms with van der Waals surface area (Å²) in [6.45, 7) is 3.69. The van der Waals surface area contributed by atoms with Crippen molar-refractivity contribution in [1.82, 2.24) is 0 Å². The van der Waals surface area contributed by atoms with Crippen molar-refractivity contribution in [2.45, 2.75) is 16.3 Å². The number of thioether (sulfide) groups is 1. The molecule has 0 bridgehead atoms. The maximum absolute atomic E-state index is 12.1. The van der Waals surface area contributed by atoms with E-state index in [0.717, 1.165) is 10.0 Å². The average molecular weight is 404 g/mol. The van der Waals surface area contributed by atoms with Gasteiger partial charge < -0.3 is 0 Å². The third-order valence-corrected chi connectivity index (χ3v) is 5.43. The first-order valence-corrected chi connectivity index (χ1v) is 7.63. The molecule has 0 aliphatic heterocycles. The number of benzene rings is 1. The van der Waals surface area contributed by atoms with Gasteiger partial charge in [0.15, 0.2) is 0 Å². The molecule has 0 fully saturated rings. The Morgan fingerprint density at radius 1 is 1.22 bits per heavy atom. The Bertz CT molecular complexity index is 403. The van der Waals surface area contributed by atoms with E-state index < -0.39 is 16.3 Å². The third kappa shape index (κ3) is 4.97. The number of rotatable bonds is 5. The molecule has 0 spiro atoms. The predicted molar refractivity (Wildman–Crippen MR) is 78.1 cm³/mol. The Labute approximate surface area is 125 Å². The quantitative estimate of drug-likeness (QED) is 0.437. The zero-order valence-electron chi connectivity index (χ0n) is 9.31. The van der Waals surface area contributed by atoms with Crippen LogP contribution in [-0.2, 0) is 3.66 Å². The average Bonchev–Trinajstić information content (AvgIpc) is 2.28. The molecule has 100 valence electrons. The molecule has 0 N–H and O–H groups in total. The second-order valence-electron chi connectivity index (χ2n) is 3.57. The van der Waals surface area contributed by atoms with E-state index in [4.69, 9.17) is 0 Å². The number of hydrogen-bond acceptors (Lipinski definition) is 1. The normalized spacial score (nSPS) is 15.2. The van der Waals surface area contributed by atoms with E-state index in [-0.39, 0.29) is 5.75 Å². The molecule has 0 saturated carbocycles. The van der Waals surface area contributed by atoms with E-state index in [9.17, 15) is 13.2 Å². The van der Waals surface area contributed by atoms with E-state index in [1.807, 2.05) is 24.3 Å². The minimum Gasteiger partial charge on any atom is -0.171 e. The van der Waals surface area contributed by atoms with E-state index in [0.29, 0.717) is 0 Å². The summed E-state index contributed by atoms with van der Waals surface area (Å²) in [5, 5.41) is 0. The molecule has 0 radical (unpaired) electrons. The molecule has 1 atom stereocenters. The molecule has 0 amide bonds. The maximum atomic E-state index is 12.1. The van der Waals surface area contributed by atoms with Gasteiger partial charge in [0.2, 0.25) is 0 Å². The first kappa shape index (κ1) is 16.1. The van der Waals surface area contributed by atoms with Gasteiger partial charge in [0, 0.05) is 10.2 Å². The first-order valence-electron chi connectivity index (χ1n) is 5.06. The fourth-order valence-electron chi connectivity index (χ4n) is 1.25. The van der Waals surface area contributed by atoms with Gasteiger partial charge in [0.25, 0.3) is 0 Å². The molecule has 1 rings (SSSR count). The SMILES string of the molecule is C=CC(Br)(SCCC(F)(F)F)c1ccc(Br)cc1. The Hall–Kier alpha value is 0.0600. The largest absolute Gasteiger partial charge is 0.389 e. The van der Waals surface area contributed by atoms with Crippen LogP contribution < -0.4 is 0 Å². The fraction of sp³-hybridized carbons (Fsp3) is 0.333. The van der Waals surface area contributed by atoms with Gasteiger partial charge in [0.1, 0.15) is 3.66 Å². The van der Waals surface area contributed by atoms with E-state index in [2.05, 4.69) is 38.4 Å². The monoisotopic (exact) mass is 402 g/mol. The lowest BCUT2D eigenvalue weighted by molar-refractivity contribution is -0.129. The van der Waals surface area contributed by atoms with Crippen molar-refractivity contribution in [3.63, 3.8) is 0 Å². The molecule has 6 heteroatoms. The highest BCUT2D eigenvalue weighted by molar-refractivity contribution is 9.11. The van der Waals surface area contributed by atoms with Crippen molar-refractivity contribution >= 4 is 43.6 Å². The van der Waals surface area contributed by atoms with Gasteiger partial charge in [-0.15, -0.1) is 18.3 Å². The molecule has 1 aromatic rings. The lowest BCUT2D eigenvalue weighted by Crippen LogP contribution is -2.14. The Kier molecular flexibility index (Phi) is 5.80. The lowest BCUT2D eigenvalue weighted by atomic mass is 10.1. The molecule has 18 heavy (non-hydrogen) atoms. The van der Waals surface area contributed by atoms with Gasteiger partial charge in [0.05, 0.1) is 6.42 Å². The molecule has 0 aliphatic carbocycles. The van der Waals surface area contributed by atoms with E-state index >= 15 is 0 Å². The van der Waals surface area contributed by atoms with E-state index in [1.54, 1.807) is 6.08 Å². The van der Waals surface area contributed by atoms with Crippen molar-refractivity contribution in [2.24, 2.45) is 0 Å². The predicted octanol–water partition coefficient (Wildman–Crippen LogP) is 5.87. The van der Waals surface area contributed by atoms with Crippen LogP contribution in [0.5, 0.6) is 0 Å². The number of halogens is 5. The highest BCUT2D eigenvalue weighted by Crippen LogP contribution is 2.45. The summed E-state index contributed by atoms with van der Waals surface area (Å²) in [4.78, 5) is 0. The zero-order valence-corrected chi connectivity index (χ0v) is 13.3. The van der Waals surface area contributed by atoms with Gasteiger partial charge in [-0.1, -0.05) is 50.1 Å². The Morgan fingerprint density at radius 2 is 1.78 bits per heavy atom. The van der Waals surface area contributed by atoms with Crippen molar-refractivity contribution in [3.05, 3.63) is 47.0 Å². The Morgan fingerprint density at radius 3 is 2.22 bits per heavy atom. The summed E-state index contributed by atoms with van der Waals surface area (Å²) >= 11 is 7.94. The second kappa shape index (κ2) is 6.48. The van der Waals surface area contributed by atoms with Crippen molar-refractivity contribution in [1.29, 1.82) is 0 Å². The molecule has 0 aliphatic rings. The van der Waals surface area contributed by atoms with Crippen molar-refractivity contribution < 1.29 is 13.2 Å². The lowest BCUT2D eigenvalue weighted by Gasteiger charge is -2.24. The van der Waals surface area contributed by atoms with Crippen LogP contribution in [0, 0.1) is 0 Å². The van der Waals surface area contributed by atoms with Crippen LogP contribution in [0.15, 0.2) is 41.4 Å². The molecular weight excluding hydrogens is 393 g/mol. The van der Waals surface area contributed by atoms with Crippen LogP contribution in [0.4, 0.5) is 13.2 Å².